The molecule has 0 bridgehead atoms. The van der Waals surface area contributed by atoms with Gasteiger partial charge in [0, 0.05) is 0 Å². The third-order valence-corrected chi connectivity index (χ3v) is 1.87. The first-order valence-corrected chi connectivity index (χ1v) is 4.55. The lowest BCUT2D eigenvalue weighted by Gasteiger charge is -2.08. The van der Waals surface area contributed by atoms with Crippen molar-refractivity contribution in [3.8, 4) is 0 Å². The highest BCUT2D eigenvalue weighted by Gasteiger charge is 2.39. The van der Waals surface area contributed by atoms with Crippen molar-refractivity contribution >= 4 is 23.1 Å². The van der Waals surface area contributed by atoms with Gasteiger partial charge < -0.3 is 11.1 Å². The summed E-state index contributed by atoms with van der Waals surface area (Å²) in [5.41, 5.74) is 5.85. The Kier molecular flexibility index (Phi) is 3.72. The summed E-state index contributed by atoms with van der Waals surface area (Å²) in [7, 11) is 0. The van der Waals surface area contributed by atoms with Crippen molar-refractivity contribution in [2.75, 3.05) is 11.1 Å². The number of anilines is 2. The number of ketones is 1. The number of alkyl halides is 3. The van der Waals surface area contributed by atoms with Gasteiger partial charge in [0.05, 0.1) is 17.8 Å². The van der Waals surface area contributed by atoms with Crippen LogP contribution in [0.2, 0.25) is 0 Å². The van der Waals surface area contributed by atoms with Crippen LogP contribution in [0, 0.1) is 0 Å². The molecule has 92 valence electrons. The zero-order chi connectivity index (χ0) is 13.1. The minimum Gasteiger partial charge on any atom is -0.397 e. The van der Waals surface area contributed by atoms with Crippen LogP contribution in [-0.4, -0.2) is 17.9 Å². The van der Waals surface area contributed by atoms with Gasteiger partial charge in [0.1, 0.15) is 0 Å². The largest absolute Gasteiger partial charge is 0.450 e. The zero-order valence-electron chi connectivity index (χ0n) is 8.54. The third kappa shape index (κ3) is 3.78. The number of rotatable bonds is 3. The smallest absolute Gasteiger partial charge is 0.397 e. The number of amides is 1. The molecular formula is C10H9F3N2O2. The number of nitrogens with one attached hydrogen (secondary N) is 1. The Hall–Kier alpha value is -2.05. The molecule has 0 saturated heterocycles. The number of para-hydroxylation sites is 2. The van der Waals surface area contributed by atoms with Gasteiger partial charge in [-0.15, -0.1) is 0 Å². The SMILES string of the molecule is Nc1ccccc1NC(=O)CC(=O)C(F)(F)F. The predicted octanol–water partition coefficient (Wildman–Crippen LogP) is 1.73. The second-order valence-corrected chi connectivity index (χ2v) is 3.23. The van der Waals surface area contributed by atoms with Gasteiger partial charge in [0.25, 0.3) is 0 Å². The quantitative estimate of drug-likeness (QED) is 0.630. The van der Waals surface area contributed by atoms with E-state index in [2.05, 4.69) is 5.32 Å². The molecule has 0 heterocycles. The number of nitrogen functional groups attached to an aromatic ring is 1. The minimum absolute atomic E-state index is 0.174. The molecule has 1 amide bonds. The maximum absolute atomic E-state index is 11.9. The fraction of sp³-hybridized carbons (Fsp3) is 0.200. The fourth-order valence-corrected chi connectivity index (χ4v) is 1.05. The van der Waals surface area contributed by atoms with Crippen LogP contribution < -0.4 is 11.1 Å². The van der Waals surface area contributed by atoms with E-state index in [0.717, 1.165) is 0 Å². The van der Waals surface area contributed by atoms with E-state index in [9.17, 15) is 22.8 Å². The summed E-state index contributed by atoms with van der Waals surface area (Å²) >= 11 is 0. The molecule has 0 aliphatic heterocycles. The Labute approximate surface area is 94.6 Å². The Morgan fingerprint density at radius 2 is 1.82 bits per heavy atom. The van der Waals surface area contributed by atoms with E-state index in [1.165, 1.54) is 12.1 Å². The van der Waals surface area contributed by atoms with Crippen LogP contribution in [0.1, 0.15) is 6.42 Å². The second-order valence-electron chi connectivity index (χ2n) is 3.23. The van der Waals surface area contributed by atoms with E-state index < -0.39 is 24.3 Å². The number of carbonyl (C=O) groups excluding carboxylic acids is 2. The number of Topliss-reactive ketones (excluding diaryl/α,β-unsaturated/α-hetero) is 1. The molecule has 0 saturated carbocycles. The highest BCUT2D eigenvalue weighted by Crippen LogP contribution is 2.20. The van der Waals surface area contributed by atoms with Crippen molar-refractivity contribution in [3.63, 3.8) is 0 Å². The van der Waals surface area contributed by atoms with Crippen molar-refractivity contribution < 1.29 is 22.8 Å². The van der Waals surface area contributed by atoms with Crippen molar-refractivity contribution in [2.24, 2.45) is 0 Å². The lowest BCUT2D eigenvalue weighted by molar-refractivity contribution is -0.171. The van der Waals surface area contributed by atoms with Gasteiger partial charge in [-0.2, -0.15) is 13.2 Å². The lowest BCUT2D eigenvalue weighted by Crippen LogP contribution is -2.28. The van der Waals surface area contributed by atoms with Gasteiger partial charge in [-0.1, -0.05) is 12.1 Å². The summed E-state index contributed by atoms with van der Waals surface area (Å²) in [6.45, 7) is 0. The highest BCUT2D eigenvalue weighted by atomic mass is 19.4. The molecule has 0 aliphatic rings. The summed E-state index contributed by atoms with van der Waals surface area (Å²) in [4.78, 5) is 21.7. The van der Waals surface area contributed by atoms with Crippen LogP contribution in [0.25, 0.3) is 0 Å². The van der Waals surface area contributed by atoms with E-state index in [0.29, 0.717) is 0 Å². The maximum Gasteiger partial charge on any atom is 0.450 e. The Morgan fingerprint density at radius 1 is 1.24 bits per heavy atom. The number of hydrogen-bond donors (Lipinski definition) is 2. The van der Waals surface area contributed by atoms with Crippen LogP contribution in [-0.2, 0) is 9.59 Å². The summed E-state index contributed by atoms with van der Waals surface area (Å²) in [6, 6.07) is 6.05. The molecule has 1 aromatic rings. The maximum atomic E-state index is 11.9. The first kappa shape index (κ1) is 13.0. The van der Waals surface area contributed by atoms with Crippen LogP contribution in [0.15, 0.2) is 24.3 Å². The van der Waals surface area contributed by atoms with Crippen LogP contribution in [0.4, 0.5) is 24.5 Å². The average Bonchev–Trinajstić information content (AvgIpc) is 2.20. The molecule has 0 atom stereocenters. The summed E-state index contributed by atoms with van der Waals surface area (Å²) < 4.78 is 35.6. The van der Waals surface area contributed by atoms with Gasteiger partial charge in [-0.3, -0.25) is 9.59 Å². The zero-order valence-corrected chi connectivity index (χ0v) is 8.54. The van der Waals surface area contributed by atoms with E-state index in [1.54, 1.807) is 12.1 Å². The Morgan fingerprint density at radius 3 is 2.35 bits per heavy atom. The van der Waals surface area contributed by atoms with Crippen molar-refractivity contribution in [3.05, 3.63) is 24.3 Å². The number of nitrogens with two attached hydrogens (primary N) is 1. The standard InChI is InChI=1S/C10H9F3N2O2/c11-10(12,13)8(16)5-9(17)15-7-4-2-1-3-6(7)14/h1-4H,5,14H2,(H,15,17). The first-order valence-electron chi connectivity index (χ1n) is 4.55. The summed E-state index contributed by atoms with van der Waals surface area (Å²) in [5.74, 6) is -3.14. The van der Waals surface area contributed by atoms with Crippen molar-refractivity contribution in [2.45, 2.75) is 12.6 Å². The van der Waals surface area contributed by atoms with Gasteiger partial charge in [-0.05, 0) is 12.1 Å². The topological polar surface area (TPSA) is 72.2 Å². The predicted molar refractivity (Wildman–Crippen MR) is 55.2 cm³/mol. The Bertz CT molecular complexity index is 443. The van der Waals surface area contributed by atoms with Crippen molar-refractivity contribution in [1.82, 2.24) is 0 Å². The molecule has 0 spiro atoms. The normalized spacial score (nSPS) is 11.0. The number of hydrogen-bond acceptors (Lipinski definition) is 3. The first-order chi connectivity index (χ1) is 7.80. The average molecular weight is 246 g/mol. The van der Waals surface area contributed by atoms with Gasteiger partial charge in [0.2, 0.25) is 11.7 Å². The number of halogens is 3. The molecule has 4 nitrogen and oxygen atoms in total. The monoisotopic (exact) mass is 246 g/mol. The molecule has 0 aromatic heterocycles. The molecule has 3 N–H and O–H groups in total. The highest BCUT2D eigenvalue weighted by molar-refractivity contribution is 6.07. The summed E-state index contributed by atoms with van der Waals surface area (Å²) in [5, 5.41) is 2.13. The van der Waals surface area contributed by atoms with Gasteiger partial charge >= 0.3 is 6.18 Å². The molecule has 1 rings (SSSR count). The molecule has 0 fully saturated rings. The van der Waals surface area contributed by atoms with Crippen LogP contribution in [0.3, 0.4) is 0 Å². The molecule has 0 unspecified atom stereocenters. The molecule has 0 radical (unpaired) electrons. The van der Waals surface area contributed by atoms with Crippen LogP contribution in [0.5, 0.6) is 0 Å². The van der Waals surface area contributed by atoms with E-state index in [4.69, 9.17) is 5.73 Å². The Balaban J connectivity index is 2.63. The molecule has 0 aliphatic carbocycles. The van der Waals surface area contributed by atoms with E-state index in [1.807, 2.05) is 0 Å². The molecule has 17 heavy (non-hydrogen) atoms. The van der Waals surface area contributed by atoms with Crippen LogP contribution >= 0.6 is 0 Å². The number of benzene rings is 1. The van der Waals surface area contributed by atoms with Gasteiger partial charge in [0.15, 0.2) is 0 Å². The minimum atomic E-state index is -5.00. The summed E-state index contributed by atoms with van der Waals surface area (Å²) in [6.07, 6.45) is -6.25. The van der Waals surface area contributed by atoms with Crippen molar-refractivity contribution in [1.29, 1.82) is 0 Å². The second kappa shape index (κ2) is 4.86. The fourth-order valence-electron chi connectivity index (χ4n) is 1.05. The molecule has 7 heteroatoms. The molecular weight excluding hydrogens is 237 g/mol. The third-order valence-electron chi connectivity index (χ3n) is 1.87. The molecule has 1 aromatic carbocycles. The number of carbonyl (C=O) groups is 2. The van der Waals surface area contributed by atoms with E-state index in [-0.39, 0.29) is 11.4 Å². The van der Waals surface area contributed by atoms with E-state index >= 15 is 0 Å². The van der Waals surface area contributed by atoms with Gasteiger partial charge in [-0.25, -0.2) is 0 Å². The lowest BCUT2D eigenvalue weighted by atomic mass is 10.2.